The van der Waals surface area contributed by atoms with Gasteiger partial charge in [-0.25, -0.2) is 9.18 Å². The lowest BCUT2D eigenvalue weighted by Gasteiger charge is -2.12. The number of carbonyl (C=O) groups is 1. The topological polar surface area (TPSA) is 56.2 Å². The first-order valence-electron chi connectivity index (χ1n) is 6.78. The molecule has 2 aromatic rings. The molecule has 0 aliphatic carbocycles. The molecule has 0 spiro atoms. The Kier molecular flexibility index (Phi) is 4.92. The van der Waals surface area contributed by atoms with E-state index in [1.54, 1.807) is 6.20 Å². The van der Waals surface area contributed by atoms with Crippen LogP contribution in [0.15, 0.2) is 30.5 Å². The number of methoxy groups -OCH3 is 1. The molecule has 0 aliphatic rings. The molecule has 2 rings (SSSR count). The third-order valence-electron chi connectivity index (χ3n) is 3.09. The maximum atomic E-state index is 13.4. The average molecular weight is 291 g/mol. The molecule has 6 heteroatoms. The number of rotatable bonds is 6. The molecule has 0 saturated carbocycles. The van der Waals surface area contributed by atoms with Gasteiger partial charge in [0.05, 0.1) is 30.6 Å². The number of hydrogen-bond acceptors (Lipinski definition) is 4. The molecule has 0 bridgehead atoms. The minimum Gasteiger partial charge on any atom is -0.465 e. The lowest BCUT2D eigenvalue weighted by atomic mass is 10.1. The summed E-state index contributed by atoms with van der Waals surface area (Å²) in [6.07, 6.45) is 2.70. The molecule has 0 atom stereocenters. The van der Waals surface area contributed by atoms with E-state index in [-0.39, 0.29) is 0 Å². The first-order valence-corrected chi connectivity index (χ1v) is 6.78. The molecule has 112 valence electrons. The normalized spacial score (nSPS) is 10.4. The van der Waals surface area contributed by atoms with Gasteiger partial charge in [-0.1, -0.05) is 6.92 Å². The average Bonchev–Trinajstić information content (AvgIpc) is 2.92. The van der Waals surface area contributed by atoms with E-state index >= 15 is 0 Å². The second-order valence-electron chi connectivity index (χ2n) is 4.58. The lowest BCUT2D eigenvalue weighted by Crippen LogP contribution is -2.12. The van der Waals surface area contributed by atoms with Crippen LogP contribution in [0.25, 0.3) is 0 Å². The smallest absolute Gasteiger partial charge is 0.339 e. The van der Waals surface area contributed by atoms with Crippen molar-refractivity contribution in [3.05, 3.63) is 47.5 Å². The van der Waals surface area contributed by atoms with Gasteiger partial charge in [-0.2, -0.15) is 5.10 Å². The van der Waals surface area contributed by atoms with E-state index in [2.05, 4.69) is 17.3 Å². The minimum atomic E-state index is -0.500. The molecule has 0 radical (unpaired) electrons. The summed E-state index contributed by atoms with van der Waals surface area (Å²) in [6.45, 7) is 3.34. The summed E-state index contributed by atoms with van der Waals surface area (Å²) in [4.78, 5) is 11.7. The summed E-state index contributed by atoms with van der Waals surface area (Å²) in [6, 6.07) is 5.82. The number of halogens is 1. The molecule has 1 heterocycles. The van der Waals surface area contributed by atoms with Crippen LogP contribution in [0.1, 0.15) is 29.4 Å². The second kappa shape index (κ2) is 6.88. The van der Waals surface area contributed by atoms with Crippen molar-refractivity contribution in [3.8, 4) is 0 Å². The molecule has 5 nitrogen and oxygen atoms in total. The van der Waals surface area contributed by atoms with E-state index < -0.39 is 11.8 Å². The molecular weight excluding hydrogens is 273 g/mol. The fourth-order valence-electron chi connectivity index (χ4n) is 2.06. The highest BCUT2D eigenvalue weighted by atomic mass is 19.1. The Hall–Kier alpha value is -2.37. The number of nitrogens with zero attached hydrogens (tertiary/aromatic N) is 2. The highest BCUT2D eigenvalue weighted by molar-refractivity contribution is 5.95. The van der Waals surface area contributed by atoms with Gasteiger partial charge in [0.25, 0.3) is 0 Å². The molecule has 0 unspecified atom stereocenters. The van der Waals surface area contributed by atoms with Gasteiger partial charge in [0.15, 0.2) is 0 Å². The quantitative estimate of drug-likeness (QED) is 0.831. The fraction of sp³-hybridized carbons (Fsp3) is 0.333. The van der Waals surface area contributed by atoms with Crippen LogP contribution in [-0.2, 0) is 17.8 Å². The number of aryl methyl sites for hydroxylation is 1. The molecule has 1 aromatic carbocycles. The molecule has 1 aromatic heterocycles. The number of ether oxygens (including phenoxy) is 1. The Morgan fingerprint density at radius 1 is 1.43 bits per heavy atom. The summed E-state index contributed by atoms with van der Waals surface area (Å²) >= 11 is 0. The van der Waals surface area contributed by atoms with Crippen LogP contribution < -0.4 is 5.32 Å². The van der Waals surface area contributed by atoms with Gasteiger partial charge in [-0.15, -0.1) is 0 Å². The minimum absolute atomic E-state index is 0.306. The molecule has 0 saturated heterocycles. The number of hydrogen-bond donors (Lipinski definition) is 1. The Morgan fingerprint density at radius 3 is 2.95 bits per heavy atom. The van der Waals surface area contributed by atoms with Crippen LogP contribution in [0.5, 0.6) is 0 Å². The van der Waals surface area contributed by atoms with Gasteiger partial charge in [0.2, 0.25) is 0 Å². The molecule has 21 heavy (non-hydrogen) atoms. The number of esters is 1. The zero-order valence-corrected chi connectivity index (χ0v) is 12.1. The molecule has 0 aliphatic heterocycles. The SMILES string of the molecule is CCCn1nccc1CNc1cc(F)ccc1C(=O)OC. The molecule has 0 amide bonds. The van der Waals surface area contributed by atoms with Crippen molar-refractivity contribution < 1.29 is 13.9 Å². The first-order chi connectivity index (χ1) is 10.2. The van der Waals surface area contributed by atoms with Crippen molar-refractivity contribution in [3.63, 3.8) is 0 Å². The van der Waals surface area contributed by atoms with Crippen molar-refractivity contribution in [2.24, 2.45) is 0 Å². The van der Waals surface area contributed by atoms with E-state index in [9.17, 15) is 9.18 Å². The maximum absolute atomic E-state index is 13.4. The fourth-order valence-corrected chi connectivity index (χ4v) is 2.06. The van der Waals surface area contributed by atoms with Crippen molar-refractivity contribution in [2.75, 3.05) is 12.4 Å². The van der Waals surface area contributed by atoms with Crippen molar-refractivity contribution in [1.82, 2.24) is 9.78 Å². The predicted octanol–water partition coefficient (Wildman–Crippen LogP) is 2.83. The van der Waals surface area contributed by atoms with Crippen LogP contribution in [0.3, 0.4) is 0 Å². The Morgan fingerprint density at radius 2 is 2.24 bits per heavy atom. The third kappa shape index (κ3) is 3.59. The van der Waals surface area contributed by atoms with Gasteiger partial charge in [-0.3, -0.25) is 4.68 Å². The van der Waals surface area contributed by atoms with E-state index in [0.717, 1.165) is 18.7 Å². The lowest BCUT2D eigenvalue weighted by molar-refractivity contribution is 0.0602. The molecule has 0 fully saturated rings. The summed E-state index contributed by atoms with van der Waals surface area (Å²) in [5.41, 5.74) is 1.68. The monoisotopic (exact) mass is 291 g/mol. The summed E-state index contributed by atoms with van der Waals surface area (Å²) in [7, 11) is 1.30. The van der Waals surface area contributed by atoms with Crippen LogP contribution >= 0.6 is 0 Å². The Balaban J connectivity index is 2.17. The maximum Gasteiger partial charge on any atom is 0.339 e. The predicted molar refractivity (Wildman–Crippen MR) is 77.6 cm³/mol. The summed E-state index contributed by atoms with van der Waals surface area (Å²) < 4.78 is 19.9. The number of aromatic nitrogens is 2. The van der Waals surface area contributed by atoms with E-state index in [0.29, 0.717) is 17.8 Å². The number of nitrogens with one attached hydrogen (secondary N) is 1. The number of carbonyl (C=O) groups excluding carboxylic acids is 1. The molecular formula is C15H18FN3O2. The molecule has 1 N–H and O–H groups in total. The van der Waals surface area contributed by atoms with Crippen molar-refractivity contribution in [1.29, 1.82) is 0 Å². The van der Waals surface area contributed by atoms with Gasteiger partial charge < -0.3 is 10.1 Å². The van der Waals surface area contributed by atoms with Crippen molar-refractivity contribution in [2.45, 2.75) is 26.4 Å². The second-order valence-corrected chi connectivity index (χ2v) is 4.58. The largest absolute Gasteiger partial charge is 0.465 e. The van der Waals surface area contributed by atoms with E-state index in [4.69, 9.17) is 4.74 Å². The standard InChI is InChI=1S/C15H18FN3O2/c1-3-8-19-12(6-7-18-19)10-17-14-9-11(16)4-5-13(14)15(20)21-2/h4-7,9,17H,3,8,10H2,1-2H3. The van der Waals surface area contributed by atoms with Gasteiger partial charge in [0, 0.05) is 12.7 Å². The highest BCUT2D eigenvalue weighted by Crippen LogP contribution is 2.19. The van der Waals surface area contributed by atoms with Crippen LogP contribution in [0, 0.1) is 5.82 Å². The first kappa shape index (κ1) is 15.0. The Labute approximate surface area is 122 Å². The zero-order valence-electron chi connectivity index (χ0n) is 12.1. The van der Waals surface area contributed by atoms with Gasteiger partial charge in [0.1, 0.15) is 5.82 Å². The van der Waals surface area contributed by atoms with Crippen LogP contribution in [0.4, 0.5) is 10.1 Å². The van der Waals surface area contributed by atoms with Gasteiger partial charge in [-0.05, 0) is 30.7 Å². The Bertz CT molecular complexity index is 625. The van der Waals surface area contributed by atoms with Crippen LogP contribution in [0.2, 0.25) is 0 Å². The zero-order chi connectivity index (χ0) is 15.2. The highest BCUT2D eigenvalue weighted by Gasteiger charge is 2.13. The van der Waals surface area contributed by atoms with Gasteiger partial charge >= 0.3 is 5.97 Å². The van der Waals surface area contributed by atoms with E-state index in [1.807, 2.05) is 10.7 Å². The summed E-state index contributed by atoms with van der Waals surface area (Å²) in [5, 5.41) is 7.29. The van der Waals surface area contributed by atoms with E-state index in [1.165, 1.54) is 25.3 Å². The summed E-state index contributed by atoms with van der Waals surface area (Å²) in [5.74, 6) is -0.910. The third-order valence-corrected chi connectivity index (χ3v) is 3.09. The number of benzene rings is 1. The van der Waals surface area contributed by atoms with Crippen molar-refractivity contribution >= 4 is 11.7 Å². The number of anilines is 1. The van der Waals surface area contributed by atoms with Crippen LogP contribution in [-0.4, -0.2) is 22.9 Å².